The normalized spacial score (nSPS) is 25.4. The van der Waals surface area contributed by atoms with Gasteiger partial charge in [-0.25, -0.2) is 4.39 Å². The first-order valence-electron chi connectivity index (χ1n) is 4.77. The van der Waals surface area contributed by atoms with Gasteiger partial charge in [-0.1, -0.05) is 0 Å². The van der Waals surface area contributed by atoms with Gasteiger partial charge in [0.2, 0.25) is 0 Å². The molecule has 2 heterocycles. The average Bonchev–Trinajstić information content (AvgIpc) is 2.68. The molecule has 1 aliphatic rings. The molecule has 1 aliphatic heterocycles. The van der Waals surface area contributed by atoms with Gasteiger partial charge in [0.15, 0.2) is 0 Å². The van der Waals surface area contributed by atoms with Crippen molar-refractivity contribution in [1.82, 2.24) is 10.3 Å². The van der Waals surface area contributed by atoms with Gasteiger partial charge < -0.3 is 5.11 Å². The zero-order valence-electron chi connectivity index (χ0n) is 7.98. The summed E-state index contributed by atoms with van der Waals surface area (Å²) in [5.74, 6) is -1.23. The van der Waals surface area contributed by atoms with Crippen LogP contribution in [0.5, 0.6) is 0 Å². The summed E-state index contributed by atoms with van der Waals surface area (Å²) < 4.78 is 12.6. The second-order valence-corrected chi connectivity index (χ2v) is 3.59. The number of nitrogens with zero attached hydrogens (tertiary/aromatic N) is 1. The van der Waals surface area contributed by atoms with Crippen molar-refractivity contribution in [3.63, 3.8) is 0 Å². The van der Waals surface area contributed by atoms with Crippen molar-refractivity contribution in [3.05, 3.63) is 29.8 Å². The molecule has 0 aromatic carbocycles. The van der Waals surface area contributed by atoms with E-state index in [9.17, 15) is 9.18 Å². The Hall–Kier alpha value is -1.49. The molecule has 0 amide bonds. The standard InChI is InChI=1S/C10H11FN2O2/c11-6-1-2-7(12-5-6)8-3-4-9(13-8)10(14)15/h1-2,5,8-9,13H,3-4H2,(H,14,15). The molecule has 0 radical (unpaired) electrons. The van der Waals surface area contributed by atoms with E-state index in [1.54, 1.807) is 6.07 Å². The molecule has 5 heteroatoms. The Balaban J connectivity index is 2.07. The Morgan fingerprint density at radius 2 is 2.33 bits per heavy atom. The van der Waals surface area contributed by atoms with Gasteiger partial charge in [-0.3, -0.25) is 15.1 Å². The summed E-state index contributed by atoms with van der Waals surface area (Å²) in [6, 6.07) is 2.32. The van der Waals surface area contributed by atoms with Crippen LogP contribution >= 0.6 is 0 Å². The zero-order chi connectivity index (χ0) is 10.8. The van der Waals surface area contributed by atoms with E-state index in [0.717, 1.165) is 12.6 Å². The van der Waals surface area contributed by atoms with Gasteiger partial charge in [0, 0.05) is 0 Å². The summed E-state index contributed by atoms with van der Waals surface area (Å²) in [5.41, 5.74) is 0.695. The molecule has 2 rings (SSSR count). The summed E-state index contributed by atoms with van der Waals surface area (Å²) in [7, 11) is 0. The lowest BCUT2D eigenvalue weighted by Crippen LogP contribution is -2.32. The van der Waals surface area contributed by atoms with Crippen molar-refractivity contribution in [2.45, 2.75) is 24.9 Å². The molecule has 2 N–H and O–H groups in total. The van der Waals surface area contributed by atoms with E-state index in [2.05, 4.69) is 10.3 Å². The summed E-state index contributed by atoms with van der Waals surface area (Å²) in [4.78, 5) is 14.6. The smallest absolute Gasteiger partial charge is 0.320 e. The molecule has 0 saturated carbocycles. The van der Waals surface area contributed by atoms with Crippen molar-refractivity contribution in [3.8, 4) is 0 Å². The number of carbonyl (C=O) groups is 1. The SMILES string of the molecule is O=C(O)C1CCC(c2ccc(F)cn2)N1. The number of rotatable bonds is 2. The minimum absolute atomic E-state index is 0.0771. The van der Waals surface area contributed by atoms with E-state index in [1.807, 2.05) is 0 Å². The second kappa shape index (κ2) is 3.94. The second-order valence-electron chi connectivity index (χ2n) is 3.59. The molecule has 0 aliphatic carbocycles. The molecule has 15 heavy (non-hydrogen) atoms. The molecular formula is C10H11FN2O2. The number of hydrogen-bond acceptors (Lipinski definition) is 3. The van der Waals surface area contributed by atoms with E-state index in [4.69, 9.17) is 5.11 Å². The number of aliphatic carboxylic acids is 1. The van der Waals surface area contributed by atoms with E-state index in [0.29, 0.717) is 12.1 Å². The summed E-state index contributed by atoms with van der Waals surface area (Å²) in [5, 5.41) is 11.7. The lowest BCUT2D eigenvalue weighted by molar-refractivity contribution is -0.139. The summed E-state index contributed by atoms with van der Waals surface area (Å²) >= 11 is 0. The number of carboxylic acid groups (broad SMARTS) is 1. The third-order valence-corrected chi connectivity index (χ3v) is 2.55. The number of carboxylic acids is 1. The zero-order valence-corrected chi connectivity index (χ0v) is 7.98. The third kappa shape index (κ3) is 2.12. The number of halogens is 1. The minimum atomic E-state index is -0.848. The van der Waals surface area contributed by atoms with Crippen molar-refractivity contribution < 1.29 is 14.3 Å². The highest BCUT2D eigenvalue weighted by molar-refractivity contribution is 5.73. The molecule has 1 saturated heterocycles. The lowest BCUT2D eigenvalue weighted by Gasteiger charge is -2.10. The monoisotopic (exact) mass is 210 g/mol. The van der Waals surface area contributed by atoms with E-state index in [-0.39, 0.29) is 11.9 Å². The molecular weight excluding hydrogens is 199 g/mol. The number of hydrogen-bond donors (Lipinski definition) is 2. The molecule has 1 fully saturated rings. The van der Waals surface area contributed by atoms with Gasteiger partial charge in [-0.15, -0.1) is 0 Å². The molecule has 2 atom stereocenters. The number of pyridine rings is 1. The first-order chi connectivity index (χ1) is 7.16. The average molecular weight is 210 g/mol. The maximum Gasteiger partial charge on any atom is 0.320 e. The van der Waals surface area contributed by atoms with Crippen LogP contribution in [0.1, 0.15) is 24.6 Å². The highest BCUT2D eigenvalue weighted by Gasteiger charge is 2.30. The Kier molecular flexibility index (Phi) is 2.64. The van der Waals surface area contributed by atoms with Crippen molar-refractivity contribution >= 4 is 5.97 Å². The van der Waals surface area contributed by atoms with E-state index >= 15 is 0 Å². The number of aromatic nitrogens is 1. The van der Waals surface area contributed by atoms with Crippen molar-refractivity contribution in [2.75, 3.05) is 0 Å². The van der Waals surface area contributed by atoms with Gasteiger partial charge in [0.1, 0.15) is 11.9 Å². The van der Waals surface area contributed by atoms with E-state index < -0.39 is 12.0 Å². The Morgan fingerprint density at radius 3 is 2.87 bits per heavy atom. The van der Waals surface area contributed by atoms with Crippen LogP contribution in [0.25, 0.3) is 0 Å². The molecule has 2 unspecified atom stereocenters. The number of nitrogens with one attached hydrogen (secondary N) is 1. The Labute approximate surface area is 86.1 Å². The minimum Gasteiger partial charge on any atom is -0.480 e. The quantitative estimate of drug-likeness (QED) is 0.767. The topological polar surface area (TPSA) is 62.2 Å². The predicted octanol–water partition coefficient (Wildman–Crippen LogP) is 1.10. The van der Waals surface area contributed by atoms with Gasteiger partial charge >= 0.3 is 5.97 Å². The van der Waals surface area contributed by atoms with Crippen LogP contribution < -0.4 is 5.32 Å². The van der Waals surface area contributed by atoms with Gasteiger partial charge in [0.05, 0.1) is 17.9 Å². The molecule has 1 aromatic rings. The molecule has 0 spiro atoms. The fourth-order valence-corrected chi connectivity index (χ4v) is 1.76. The molecule has 80 valence electrons. The van der Waals surface area contributed by atoms with Crippen molar-refractivity contribution in [1.29, 1.82) is 0 Å². The fourth-order valence-electron chi connectivity index (χ4n) is 1.76. The molecule has 0 bridgehead atoms. The molecule has 4 nitrogen and oxygen atoms in total. The van der Waals surface area contributed by atoms with E-state index in [1.165, 1.54) is 6.07 Å². The van der Waals surface area contributed by atoms with Gasteiger partial charge in [-0.2, -0.15) is 0 Å². The van der Waals surface area contributed by atoms with Gasteiger partial charge in [-0.05, 0) is 25.0 Å². The predicted molar refractivity (Wildman–Crippen MR) is 50.7 cm³/mol. The molecule has 1 aromatic heterocycles. The van der Waals surface area contributed by atoms with Crippen LogP contribution in [0, 0.1) is 5.82 Å². The van der Waals surface area contributed by atoms with Crippen molar-refractivity contribution in [2.24, 2.45) is 0 Å². The van der Waals surface area contributed by atoms with Gasteiger partial charge in [0.25, 0.3) is 0 Å². The lowest BCUT2D eigenvalue weighted by atomic mass is 10.1. The highest BCUT2D eigenvalue weighted by Crippen LogP contribution is 2.24. The Bertz CT molecular complexity index is 366. The fraction of sp³-hybridized carbons (Fsp3) is 0.400. The van der Waals surface area contributed by atoms with Crippen LogP contribution in [0.3, 0.4) is 0 Å². The van der Waals surface area contributed by atoms with Crippen LogP contribution in [-0.2, 0) is 4.79 Å². The highest BCUT2D eigenvalue weighted by atomic mass is 19.1. The Morgan fingerprint density at radius 1 is 1.53 bits per heavy atom. The van der Waals surface area contributed by atoms with Crippen LogP contribution in [0.15, 0.2) is 18.3 Å². The first-order valence-corrected chi connectivity index (χ1v) is 4.77. The largest absolute Gasteiger partial charge is 0.480 e. The summed E-state index contributed by atoms with van der Waals surface area (Å²) in [6.45, 7) is 0. The van der Waals surface area contributed by atoms with Crippen LogP contribution in [-0.4, -0.2) is 22.1 Å². The van der Waals surface area contributed by atoms with Crippen LogP contribution in [0.4, 0.5) is 4.39 Å². The van der Waals surface area contributed by atoms with Crippen LogP contribution in [0.2, 0.25) is 0 Å². The summed E-state index contributed by atoms with van der Waals surface area (Å²) in [6.07, 6.45) is 2.44. The maximum absolute atomic E-state index is 12.6. The third-order valence-electron chi connectivity index (χ3n) is 2.55. The first kappa shape index (κ1) is 10.0. The maximum atomic E-state index is 12.6.